The summed E-state index contributed by atoms with van der Waals surface area (Å²) in [4.78, 5) is 16.7. The predicted octanol–water partition coefficient (Wildman–Crippen LogP) is 1.85. The Hall–Kier alpha value is -3.12. The standard InChI is InChI=1S/C15H12ClN7O2/c16-12-7-22-11(1-4-18-22)13(20-12)10-5-19-23(6-10)15(2-3-17)8-21(9-15)14(24)25/h1,4-7H,2,8-9H2,(H,24,25). The van der Waals surface area contributed by atoms with Crippen molar-refractivity contribution in [3.05, 3.63) is 36.0 Å². The number of nitrogens with zero attached hydrogens (tertiary/aromatic N) is 7. The minimum atomic E-state index is -1.00. The average molecular weight is 358 g/mol. The van der Waals surface area contributed by atoms with E-state index in [1.807, 2.05) is 6.07 Å². The minimum Gasteiger partial charge on any atom is -0.465 e. The number of carbonyl (C=O) groups is 1. The smallest absolute Gasteiger partial charge is 0.407 e. The SMILES string of the molecule is N#CCC1(n2cc(-c3nc(Cl)cn4nccc34)cn2)CN(C(=O)O)C1. The lowest BCUT2D eigenvalue weighted by molar-refractivity contribution is 0.0139. The molecule has 1 fully saturated rings. The molecule has 126 valence electrons. The normalized spacial score (nSPS) is 15.8. The Bertz CT molecular complexity index is 1010. The summed E-state index contributed by atoms with van der Waals surface area (Å²) in [6.07, 6.45) is 5.83. The summed E-state index contributed by atoms with van der Waals surface area (Å²) in [6, 6.07) is 3.94. The number of aromatic nitrogens is 5. The van der Waals surface area contributed by atoms with Crippen molar-refractivity contribution in [1.29, 1.82) is 5.26 Å². The van der Waals surface area contributed by atoms with E-state index in [-0.39, 0.29) is 19.5 Å². The molecule has 9 nitrogen and oxygen atoms in total. The molecule has 0 aliphatic carbocycles. The van der Waals surface area contributed by atoms with Crippen LogP contribution < -0.4 is 0 Å². The zero-order valence-electron chi connectivity index (χ0n) is 12.9. The van der Waals surface area contributed by atoms with Crippen LogP contribution in [0.4, 0.5) is 4.79 Å². The lowest BCUT2D eigenvalue weighted by Crippen LogP contribution is -2.64. The Kier molecular flexibility index (Phi) is 3.36. The third kappa shape index (κ3) is 2.38. The second kappa shape index (κ2) is 5.46. The van der Waals surface area contributed by atoms with Crippen molar-refractivity contribution >= 4 is 23.2 Å². The molecule has 1 aliphatic rings. The van der Waals surface area contributed by atoms with Crippen LogP contribution in [0.3, 0.4) is 0 Å². The summed E-state index contributed by atoms with van der Waals surface area (Å²) in [5.41, 5.74) is 1.47. The molecule has 25 heavy (non-hydrogen) atoms. The fourth-order valence-electron chi connectivity index (χ4n) is 3.10. The molecule has 4 heterocycles. The Morgan fingerprint density at radius 3 is 2.92 bits per heavy atom. The minimum absolute atomic E-state index is 0.170. The van der Waals surface area contributed by atoms with Crippen LogP contribution in [-0.4, -0.2) is 53.6 Å². The molecule has 1 N–H and O–H groups in total. The Labute approximate surface area is 146 Å². The van der Waals surface area contributed by atoms with E-state index in [0.29, 0.717) is 10.8 Å². The Morgan fingerprint density at radius 2 is 2.20 bits per heavy atom. The molecule has 0 unspecified atom stereocenters. The number of fused-ring (bicyclic) bond motifs is 1. The van der Waals surface area contributed by atoms with E-state index < -0.39 is 11.6 Å². The number of nitriles is 1. The maximum absolute atomic E-state index is 11.1. The van der Waals surface area contributed by atoms with Gasteiger partial charge in [0, 0.05) is 11.8 Å². The molecule has 3 aromatic heterocycles. The van der Waals surface area contributed by atoms with Crippen molar-refractivity contribution in [2.45, 2.75) is 12.0 Å². The van der Waals surface area contributed by atoms with Gasteiger partial charge >= 0.3 is 6.09 Å². The molecule has 0 atom stereocenters. The quantitative estimate of drug-likeness (QED) is 0.765. The van der Waals surface area contributed by atoms with Gasteiger partial charge in [-0.1, -0.05) is 11.6 Å². The number of amides is 1. The van der Waals surface area contributed by atoms with Gasteiger partial charge in [-0.05, 0) is 6.07 Å². The van der Waals surface area contributed by atoms with Crippen LogP contribution in [0.1, 0.15) is 6.42 Å². The molecule has 1 amide bonds. The first-order valence-electron chi connectivity index (χ1n) is 7.43. The summed E-state index contributed by atoms with van der Waals surface area (Å²) >= 11 is 6.06. The largest absolute Gasteiger partial charge is 0.465 e. The number of carboxylic acid groups (broad SMARTS) is 1. The fourth-order valence-corrected chi connectivity index (χ4v) is 3.28. The number of hydrogen-bond acceptors (Lipinski definition) is 5. The van der Waals surface area contributed by atoms with Gasteiger partial charge in [-0.25, -0.2) is 14.3 Å². The molecule has 0 bridgehead atoms. The van der Waals surface area contributed by atoms with Crippen molar-refractivity contribution in [2.24, 2.45) is 0 Å². The van der Waals surface area contributed by atoms with Crippen molar-refractivity contribution in [1.82, 2.24) is 29.3 Å². The molecule has 3 aromatic rings. The number of halogens is 1. The van der Waals surface area contributed by atoms with Gasteiger partial charge in [-0.3, -0.25) is 4.68 Å². The molecule has 1 aliphatic heterocycles. The number of rotatable bonds is 3. The van der Waals surface area contributed by atoms with Crippen molar-refractivity contribution in [3.8, 4) is 17.3 Å². The second-order valence-corrected chi connectivity index (χ2v) is 6.33. The Morgan fingerprint density at radius 1 is 1.40 bits per heavy atom. The van der Waals surface area contributed by atoms with Crippen LogP contribution in [-0.2, 0) is 5.54 Å². The molecule has 0 aromatic carbocycles. The van der Waals surface area contributed by atoms with E-state index in [2.05, 4.69) is 21.3 Å². The van der Waals surface area contributed by atoms with E-state index in [9.17, 15) is 4.79 Å². The van der Waals surface area contributed by atoms with Crippen molar-refractivity contribution in [2.75, 3.05) is 13.1 Å². The van der Waals surface area contributed by atoms with Gasteiger partial charge in [0.25, 0.3) is 0 Å². The third-order valence-electron chi connectivity index (χ3n) is 4.35. The second-order valence-electron chi connectivity index (χ2n) is 5.94. The van der Waals surface area contributed by atoms with Crippen molar-refractivity contribution in [3.63, 3.8) is 0 Å². The maximum Gasteiger partial charge on any atom is 0.407 e. The molecule has 1 saturated heterocycles. The van der Waals surface area contributed by atoms with Gasteiger partial charge < -0.3 is 10.0 Å². The number of likely N-dealkylation sites (tertiary alicyclic amines) is 1. The summed E-state index contributed by atoms with van der Waals surface area (Å²) < 4.78 is 3.28. The zero-order chi connectivity index (χ0) is 17.6. The first-order chi connectivity index (χ1) is 12.0. The van der Waals surface area contributed by atoms with E-state index in [1.54, 1.807) is 34.0 Å². The monoisotopic (exact) mass is 357 g/mol. The molecular formula is C15H12ClN7O2. The van der Waals surface area contributed by atoms with Gasteiger partial charge in [0.15, 0.2) is 0 Å². The fraction of sp³-hybridized carbons (Fsp3) is 0.267. The van der Waals surface area contributed by atoms with Gasteiger partial charge in [0.05, 0.1) is 49.7 Å². The van der Waals surface area contributed by atoms with Crippen molar-refractivity contribution < 1.29 is 9.90 Å². The first kappa shape index (κ1) is 15.4. The van der Waals surface area contributed by atoms with Gasteiger partial charge in [-0.2, -0.15) is 15.5 Å². The van der Waals surface area contributed by atoms with Crippen LogP contribution in [0.5, 0.6) is 0 Å². The predicted molar refractivity (Wildman–Crippen MR) is 87.0 cm³/mol. The van der Waals surface area contributed by atoms with Crippen LogP contribution in [0.15, 0.2) is 30.9 Å². The summed E-state index contributed by atoms with van der Waals surface area (Å²) in [6.45, 7) is 0.449. The number of hydrogen-bond donors (Lipinski definition) is 1. The van der Waals surface area contributed by atoms with E-state index in [1.165, 1.54) is 4.90 Å². The van der Waals surface area contributed by atoms with E-state index in [0.717, 1.165) is 11.1 Å². The lowest BCUT2D eigenvalue weighted by Gasteiger charge is -2.47. The van der Waals surface area contributed by atoms with Crippen LogP contribution in [0, 0.1) is 11.3 Å². The Balaban J connectivity index is 1.73. The van der Waals surface area contributed by atoms with Crippen LogP contribution in [0.2, 0.25) is 5.15 Å². The maximum atomic E-state index is 11.1. The zero-order valence-corrected chi connectivity index (χ0v) is 13.6. The van der Waals surface area contributed by atoms with E-state index >= 15 is 0 Å². The topological polar surface area (TPSA) is 112 Å². The molecule has 0 spiro atoms. The first-order valence-corrected chi connectivity index (χ1v) is 7.80. The molecule has 0 saturated carbocycles. The highest BCUT2D eigenvalue weighted by atomic mass is 35.5. The summed E-state index contributed by atoms with van der Waals surface area (Å²) in [7, 11) is 0. The molecular weight excluding hydrogens is 346 g/mol. The third-order valence-corrected chi connectivity index (χ3v) is 4.53. The highest BCUT2D eigenvalue weighted by Gasteiger charge is 2.47. The van der Waals surface area contributed by atoms with Crippen LogP contribution >= 0.6 is 11.6 Å². The average Bonchev–Trinajstić information content (AvgIpc) is 3.18. The molecule has 0 radical (unpaired) electrons. The summed E-state index contributed by atoms with van der Waals surface area (Å²) in [5, 5.41) is 27.0. The van der Waals surface area contributed by atoms with Gasteiger partial charge in [0.1, 0.15) is 16.4 Å². The molecule has 4 rings (SSSR count). The van der Waals surface area contributed by atoms with E-state index in [4.69, 9.17) is 22.0 Å². The highest BCUT2D eigenvalue weighted by Crippen LogP contribution is 2.34. The van der Waals surface area contributed by atoms with Gasteiger partial charge in [0.2, 0.25) is 0 Å². The summed E-state index contributed by atoms with van der Waals surface area (Å²) in [5.74, 6) is 0. The van der Waals surface area contributed by atoms with Crippen LogP contribution in [0.25, 0.3) is 16.8 Å². The highest BCUT2D eigenvalue weighted by molar-refractivity contribution is 6.29. The molecule has 10 heteroatoms. The lowest BCUT2D eigenvalue weighted by atomic mass is 9.87. The van der Waals surface area contributed by atoms with Gasteiger partial charge in [-0.15, -0.1) is 0 Å².